The lowest BCUT2D eigenvalue weighted by Gasteiger charge is -2.15. The van der Waals surface area contributed by atoms with Crippen LogP contribution in [-0.4, -0.2) is 24.5 Å². The molecule has 0 amide bonds. The van der Waals surface area contributed by atoms with Gasteiger partial charge in [-0.05, 0) is 66.0 Å². The molecule has 0 heterocycles. The number of ether oxygens (including phenoxy) is 2. The molecular weight excluding hydrogens is 510 g/mol. The molecule has 0 atom stereocenters. The molecule has 3 aromatic carbocycles. The Morgan fingerprint density at radius 2 is 1.74 bits per heavy atom. The van der Waals surface area contributed by atoms with Gasteiger partial charge in [0.25, 0.3) is 0 Å². The van der Waals surface area contributed by atoms with Crippen molar-refractivity contribution in [2.75, 3.05) is 13.2 Å². The van der Waals surface area contributed by atoms with Gasteiger partial charge in [-0.15, -0.1) is 0 Å². The fourth-order valence-corrected chi connectivity index (χ4v) is 3.78. The van der Waals surface area contributed by atoms with Gasteiger partial charge in [0.05, 0.1) is 6.21 Å². The van der Waals surface area contributed by atoms with Crippen LogP contribution in [0.3, 0.4) is 0 Å². The number of aryl methyl sites for hydroxylation is 1. The summed E-state index contributed by atoms with van der Waals surface area (Å²) in [4.78, 5) is 0. The molecule has 178 valence electrons. The largest absolute Gasteiger partial charge is 0.490 e. The van der Waals surface area contributed by atoms with Crippen LogP contribution in [0.4, 0.5) is 0 Å². The Morgan fingerprint density at radius 3 is 2.47 bits per heavy atom. The van der Waals surface area contributed by atoms with E-state index in [4.69, 9.17) is 21.7 Å². The molecule has 0 unspecified atom stereocenters. The molecule has 34 heavy (non-hydrogen) atoms. The summed E-state index contributed by atoms with van der Waals surface area (Å²) in [6.45, 7) is 7.89. The van der Waals surface area contributed by atoms with Crippen LogP contribution in [0, 0.1) is 6.92 Å². The highest BCUT2D eigenvalue weighted by Crippen LogP contribution is 2.27. The molecular formula is C27H30BrN3O2S. The first kappa shape index (κ1) is 25.7. The number of nitrogens with one attached hydrogen (secondary N) is 2. The molecule has 0 spiro atoms. The average molecular weight is 541 g/mol. The van der Waals surface area contributed by atoms with Crippen molar-refractivity contribution in [3.05, 3.63) is 93.5 Å². The van der Waals surface area contributed by atoms with Gasteiger partial charge in [-0.3, -0.25) is 5.43 Å². The molecule has 5 nitrogen and oxygen atoms in total. The van der Waals surface area contributed by atoms with E-state index < -0.39 is 0 Å². The Morgan fingerprint density at radius 1 is 1.00 bits per heavy atom. The van der Waals surface area contributed by atoms with E-state index in [9.17, 15) is 0 Å². The molecule has 2 N–H and O–H groups in total. The van der Waals surface area contributed by atoms with Crippen molar-refractivity contribution < 1.29 is 9.47 Å². The highest BCUT2D eigenvalue weighted by molar-refractivity contribution is 9.10. The Labute approximate surface area is 215 Å². The number of benzene rings is 3. The summed E-state index contributed by atoms with van der Waals surface area (Å²) in [6, 6.07) is 22.2. The number of thiocarbonyl (C=S) groups is 1. The van der Waals surface area contributed by atoms with Gasteiger partial charge in [0.2, 0.25) is 0 Å². The van der Waals surface area contributed by atoms with E-state index in [2.05, 4.69) is 70.7 Å². The zero-order valence-electron chi connectivity index (χ0n) is 19.7. The molecule has 0 saturated heterocycles. The van der Waals surface area contributed by atoms with E-state index in [1.165, 1.54) is 11.1 Å². The third kappa shape index (κ3) is 8.15. The molecule has 3 rings (SSSR count). The molecule has 0 aromatic heterocycles. The minimum Gasteiger partial charge on any atom is -0.490 e. The summed E-state index contributed by atoms with van der Waals surface area (Å²) < 4.78 is 13.0. The second kappa shape index (κ2) is 13.1. The molecule has 0 aliphatic heterocycles. The zero-order chi connectivity index (χ0) is 24.3. The van der Waals surface area contributed by atoms with E-state index >= 15 is 0 Å². The van der Waals surface area contributed by atoms with Crippen molar-refractivity contribution in [3.63, 3.8) is 0 Å². The van der Waals surface area contributed by atoms with Crippen LogP contribution in [0.25, 0.3) is 0 Å². The molecule has 0 saturated carbocycles. The Kier molecular flexibility index (Phi) is 9.91. The van der Waals surface area contributed by atoms with Crippen LogP contribution in [0.1, 0.15) is 42.0 Å². The molecule has 3 aromatic rings. The number of hydrogen-bond donors (Lipinski definition) is 2. The summed E-state index contributed by atoms with van der Waals surface area (Å²) in [5, 5.41) is 7.84. The molecule has 0 radical (unpaired) electrons. The van der Waals surface area contributed by atoms with Crippen molar-refractivity contribution in [2.24, 2.45) is 5.10 Å². The summed E-state index contributed by atoms with van der Waals surface area (Å²) >= 11 is 8.81. The first-order valence-corrected chi connectivity index (χ1v) is 12.4. The van der Waals surface area contributed by atoms with E-state index in [1.807, 2.05) is 48.5 Å². The second-order valence-corrected chi connectivity index (χ2v) is 9.44. The fraction of sp³-hybridized carbons (Fsp3) is 0.259. The summed E-state index contributed by atoms with van der Waals surface area (Å²) in [5.74, 6) is 2.03. The van der Waals surface area contributed by atoms with Crippen LogP contribution >= 0.6 is 28.1 Å². The number of halogens is 1. The Balaban J connectivity index is 1.52. The zero-order valence-corrected chi connectivity index (χ0v) is 22.1. The van der Waals surface area contributed by atoms with E-state index in [1.54, 1.807) is 6.21 Å². The SMILES string of the molecule is Cc1ccc(C(C)C)c(OCCOc2ccc(Br)cc2/C=N/NC(=S)NCc2ccccc2)c1. The van der Waals surface area contributed by atoms with E-state index in [0.717, 1.165) is 21.3 Å². The first-order valence-electron chi connectivity index (χ1n) is 11.2. The predicted octanol–water partition coefficient (Wildman–Crippen LogP) is 6.34. The number of nitrogens with zero attached hydrogens (tertiary/aromatic N) is 1. The van der Waals surface area contributed by atoms with Gasteiger partial charge >= 0.3 is 0 Å². The number of hydrogen-bond acceptors (Lipinski definition) is 4. The third-order valence-corrected chi connectivity index (χ3v) is 5.76. The second-order valence-electron chi connectivity index (χ2n) is 8.11. The summed E-state index contributed by atoms with van der Waals surface area (Å²) in [7, 11) is 0. The minimum absolute atomic E-state index is 0.395. The van der Waals surface area contributed by atoms with Gasteiger partial charge in [-0.1, -0.05) is 72.2 Å². The van der Waals surface area contributed by atoms with Gasteiger partial charge in [-0.2, -0.15) is 5.10 Å². The van der Waals surface area contributed by atoms with Crippen LogP contribution in [0.2, 0.25) is 0 Å². The molecule has 7 heteroatoms. The first-order chi connectivity index (χ1) is 16.4. The van der Waals surface area contributed by atoms with Crippen LogP contribution in [0.15, 0.2) is 76.3 Å². The highest BCUT2D eigenvalue weighted by atomic mass is 79.9. The maximum atomic E-state index is 6.03. The van der Waals surface area contributed by atoms with Crippen LogP contribution < -0.4 is 20.2 Å². The molecule has 0 fully saturated rings. The lowest BCUT2D eigenvalue weighted by atomic mass is 10.0. The number of hydrazone groups is 1. The van der Waals surface area contributed by atoms with E-state index in [-0.39, 0.29) is 0 Å². The van der Waals surface area contributed by atoms with Gasteiger partial charge in [0.1, 0.15) is 24.7 Å². The van der Waals surface area contributed by atoms with Crippen LogP contribution in [0.5, 0.6) is 11.5 Å². The summed E-state index contributed by atoms with van der Waals surface area (Å²) in [6.07, 6.45) is 1.69. The van der Waals surface area contributed by atoms with Gasteiger partial charge in [-0.25, -0.2) is 0 Å². The van der Waals surface area contributed by atoms with Gasteiger partial charge < -0.3 is 14.8 Å². The van der Waals surface area contributed by atoms with Crippen molar-refractivity contribution >= 4 is 39.5 Å². The van der Waals surface area contributed by atoms with Crippen molar-refractivity contribution in [1.82, 2.24) is 10.7 Å². The molecule has 0 aliphatic carbocycles. The van der Waals surface area contributed by atoms with Crippen molar-refractivity contribution in [3.8, 4) is 11.5 Å². The fourth-order valence-electron chi connectivity index (χ4n) is 3.28. The topological polar surface area (TPSA) is 54.9 Å². The third-order valence-electron chi connectivity index (χ3n) is 5.03. The maximum absolute atomic E-state index is 6.03. The van der Waals surface area contributed by atoms with Gasteiger partial charge in [0.15, 0.2) is 5.11 Å². The lowest BCUT2D eigenvalue weighted by Crippen LogP contribution is -2.31. The Bertz CT molecular complexity index is 1120. The monoisotopic (exact) mass is 539 g/mol. The minimum atomic E-state index is 0.395. The predicted molar refractivity (Wildman–Crippen MR) is 147 cm³/mol. The smallest absolute Gasteiger partial charge is 0.187 e. The van der Waals surface area contributed by atoms with Crippen LogP contribution in [-0.2, 0) is 6.54 Å². The number of rotatable bonds is 10. The van der Waals surface area contributed by atoms with Crippen molar-refractivity contribution in [1.29, 1.82) is 0 Å². The van der Waals surface area contributed by atoms with Gasteiger partial charge in [0, 0.05) is 16.6 Å². The lowest BCUT2D eigenvalue weighted by molar-refractivity contribution is 0.215. The quantitative estimate of drug-likeness (QED) is 0.136. The van der Waals surface area contributed by atoms with Crippen molar-refractivity contribution in [2.45, 2.75) is 33.2 Å². The normalized spacial score (nSPS) is 11.0. The highest BCUT2D eigenvalue weighted by Gasteiger charge is 2.09. The van der Waals surface area contributed by atoms with E-state index in [0.29, 0.717) is 36.5 Å². The summed E-state index contributed by atoms with van der Waals surface area (Å²) in [5.41, 5.74) is 7.20. The molecule has 0 bridgehead atoms. The maximum Gasteiger partial charge on any atom is 0.187 e. The molecule has 0 aliphatic rings. The Hall–Kier alpha value is -2.90. The standard InChI is InChI=1S/C27H30BrN3O2S/c1-19(2)24-11-9-20(3)15-26(24)33-14-13-32-25-12-10-23(28)16-22(25)18-30-31-27(34)29-17-21-7-5-4-6-8-21/h4-12,15-16,18-19H,13-14,17H2,1-3H3,(H2,29,31,34)/b30-18+. The average Bonchev–Trinajstić information content (AvgIpc) is 2.82.